The van der Waals surface area contributed by atoms with Gasteiger partial charge in [0, 0.05) is 5.56 Å². The zero-order valence-electron chi connectivity index (χ0n) is 11.5. The van der Waals surface area contributed by atoms with Gasteiger partial charge in [-0.05, 0) is 36.5 Å². The van der Waals surface area contributed by atoms with Crippen LogP contribution >= 0.6 is 0 Å². The molecule has 0 radical (unpaired) electrons. The fourth-order valence-electron chi connectivity index (χ4n) is 2.92. The first-order valence-electron chi connectivity index (χ1n) is 7.26. The van der Waals surface area contributed by atoms with Crippen LogP contribution in [-0.2, 0) is 0 Å². The highest BCUT2D eigenvalue weighted by Crippen LogP contribution is 2.33. The highest BCUT2D eigenvalue weighted by Gasteiger charge is 2.15. The average molecular weight is 266 g/mol. The summed E-state index contributed by atoms with van der Waals surface area (Å²) in [6, 6.07) is 12.2. The number of carbonyl (C=O) groups is 1. The van der Waals surface area contributed by atoms with Gasteiger partial charge in [-0.2, -0.15) is 0 Å². The van der Waals surface area contributed by atoms with Crippen LogP contribution in [0, 0.1) is 0 Å². The molecular weight excluding hydrogens is 248 g/mol. The molecule has 3 heteroatoms. The normalized spacial score (nSPS) is 16.0. The van der Waals surface area contributed by atoms with Gasteiger partial charge < -0.3 is 0 Å². The monoisotopic (exact) mass is 266 g/mol. The lowest BCUT2D eigenvalue weighted by molar-refractivity contribution is 0.111. The Morgan fingerprint density at radius 3 is 2.25 bits per heavy atom. The molecule has 0 atom stereocenters. The summed E-state index contributed by atoms with van der Waals surface area (Å²) in [7, 11) is 0. The quantitative estimate of drug-likeness (QED) is 0.788. The minimum absolute atomic E-state index is 0.368. The van der Waals surface area contributed by atoms with Crippen LogP contribution in [0.1, 0.15) is 54.1 Å². The molecule has 1 aromatic carbocycles. The number of carbonyl (C=O) groups excluding carboxylic acids is 1. The van der Waals surface area contributed by atoms with Crippen LogP contribution < -0.4 is 0 Å². The molecule has 1 fully saturated rings. The first kappa shape index (κ1) is 13.0. The molecule has 0 N–H and O–H groups in total. The Labute approximate surface area is 119 Å². The molecule has 0 spiro atoms. The summed E-state index contributed by atoms with van der Waals surface area (Å²) in [6.07, 6.45) is 7.42. The van der Waals surface area contributed by atoms with E-state index in [4.69, 9.17) is 0 Å². The number of rotatable bonds is 3. The van der Waals surface area contributed by atoms with E-state index in [-0.39, 0.29) is 0 Å². The van der Waals surface area contributed by atoms with Gasteiger partial charge in [0.2, 0.25) is 0 Å². The molecule has 0 unspecified atom stereocenters. The summed E-state index contributed by atoms with van der Waals surface area (Å²) >= 11 is 0. The van der Waals surface area contributed by atoms with Gasteiger partial charge in [0.15, 0.2) is 6.29 Å². The van der Waals surface area contributed by atoms with Crippen molar-refractivity contribution in [2.45, 2.75) is 38.0 Å². The summed E-state index contributed by atoms with van der Waals surface area (Å²) in [5, 5.41) is 7.95. The Bertz CT molecular complexity index is 569. The fraction of sp³-hybridized carbons (Fsp3) is 0.353. The molecule has 1 saturated carbocycles. The first-order chi connectivity index (χ1) is 9.86. The van der Waals surface area contributed by atoms with Crippen LogP contribution in [0.4, 0.5) is 0 Å². The summed E-state index contributed by atoms with van der Waals surface area (Å²) < 4.78 is 0. The predicted molar refractivity (Wildman–Crippen MR) is 78.7 cm³/mol. The van der Waals surface area contributed by atoms with Crippen LogP contribution in [0.5, 0.6) is 0 Å². The molecule has 3 rings (SSSR count). The second-order valence-corrected chi connectivity index (χ2v) is 5.42. The maximum atomic E-state index is 10.6. The van der Waals surface area contributed by atoms with E-state index >= 15 is 0 Å². The van der Waals surface area contributed by atoms with E-state index < -0.39 is 0 Å². The SMILES string of the molecule is O=Cc1ccc(-c2ccc(C3CCCCC3)cc2)nn1. The van der Waals surface area contributed by atoms with Crippen molar-refractivity contribution in [1.82, 2.24) is 10.2 Å². The molecule has 0 bridgehead atoms. The number of benzene rings is 1. The highest BCUT2D eigenvalue weighted by molar-refractivity contribution is 5.72. The molecule has 1 aliphatic carbocycles. The second-order valence-electron chi connectivity index (χ2n) is 5.42. The zero-order valence-corrected chi connectivity index (χ0v) is 11.5. The van der Waals surface area contributed by atoms with E-state index in [1.54, 1.807) is 6.07 Å². The Kier molecular flexibility index (Phi) is 3.86. The van der Waals surface area contributed by atoms with Gasteiger partial charge in [-0.1, -0.05) is 43.5 Å². The van der Waals surface area contributed by atoms with Gasteiger partial charge in [0.1, 0.15) is 5.69 Å². The fourth-order valence-corrected chi connectivity index (χ4v) is 2.92. The number of hydrogen-bond donors (Lipinski definition) is 0. The maximum Gasteiger partial charge on any atom is 0.170 e. The lowest BCUT2D eigenvalue weighted by atomic mass is 9.84. The lowest BCUT2D eigenvalue weighted by Crippen LogP contribution is -2.04. The third-order valence-electron chi connectivity index (χ3n) is 4.09. The van der Waals surface area contributed by atoms with Gasteiger partial charge in [-0.25, -0.2) is 0 Å². The molecule has 0 saturated heterocycles. The van der Waals surface area contributed by atoms with Crippen molar-refractivity contribution in [2.75, 3.05) is 0 Å². The topological polar surface area (TPSA) is 42.9 Å². The third kappa shape index (κ3) is 2.77. The Balaban J connectivity index is 1.79. The minimum Gasteiger partial charge on any atom is -0.296 e. The van der Waals surface area contributed by atoms with Crippen molar-refractivity contribution in [3.05, 3.63) is 47.7 Å². The van der Waals surface area contributed by atoms with Crippen LogP contribution in [0.25, 0.3) is 11.3 Å². The lowest BCUT2D eigenvalue weighted by Gasteiger charge is -2.22. The Morgan fingerprint density at radius 1 is 0.900 bits per heavy atom. The number of aldehydes is 1. The maximum absolute atomic E-state index is 10.6. The Hall–Kier alpha value is -2.03. The van der Waals surface area contributed by atoms with Crippen LogP contribution in [0.3, 0.4) is 0 Å². The van der Waals surface area contributed by atoms with E-state index in [1.807, 2.05) is 6.07 Å². The zero-order chi connectivity index (χ0) is 13.8. The van der Waals surface area contributed by atoms with Crippen molar-refractivity contribution in [3.8, 4) is 11.3 Å². The summed E-state index contributed by atoms with van der Waals surface area (Å²) in [5.41, 5.74) is 3.67. The van der Waals surface area contributed by atoms with Gasteiger partial charge in [0.25, 0.3) is 0 Å². The molecule has 2 aromatic rings. The van der Waals surface area contributed by atoms with Crippen LogP contribution in [0.2, 0.25) is 0 Å². The van der Waals surface area contributed by atoms with Crippen molar-refractivity contribution in [2.24, 2.45) is 0 Å². The molecular formula is C17H18N2O. The van der Waals surface area contributed by atoms with Crippen molar-refractivity contribution >= 4 is 6.29 Å². The van der Waals surface area contributed by atoms with Crippen molar-refractivity contribution < 1.29 is 4.79 Å². The second kappa shape index (κ2) is 5.95. The van der Waals surface area contributed by atoms with Gasteiger partial charge >= 0.3 is 0 Å². The molecule has 1 aromatic heterocycles. The van der Waals surface area contributed by atoms with Crippen LogP contribution in [0.15, 0.2) is 36.4 Å². The van der Waals surface area contributed by atoms with E-state index in [0.29, 0.717) is 12.0 Å². The van der Waals surface area contributed by atoms with Crippen molar-refractivity contribution in [1.29, 1.82) is 0 Å². The molecule has 3 nitrogen and oxygen atoms in total. The molecule has 0 amide bonds. The predicted octanol–water partition coefficient (Wildman–Crippen LogP) is 4.00. The highest BCUT2D eigenvalue weighted by atomic mass is 16.1. The minimum atomic E-state index is 0.368. The van der Waals surface area contributed by atoms with Gasteiger partial charge in [-0.3, -0.25) is 4.79 Å². The van der Waals surface area contributed by atoms with E-state index in [0.717, 1.165) is 17.2 Å². The molecule has 102 valence electrons. The first-order valence-corrected chi connectivity index (χ1v) is 7.26. The Morgan fingerprint density at radius 2 is 1.65 bits per heavy atom. The van der Waals surface area contributed by atoms with E-state index in [9.17, 15) is 4.79 Å². The van der Waals surface area contributed by atoms with E-state index in [1.165, 1.54) is 37.7 Å². The summed E-state index contributed by atoms with van der Waals surface area (Å²) in [6.45, 7) is 0. The molecule has 1 heterocycles. The van der Waals surface area contributed by atoms with E-state index in [2.05, 4.69) is 34.5 Å². The number of aromatic nitrogens is 2. The number of hydrogen-bond acceptors (Lipinski definition) is 3. The van der Waals surface area contributed by atoms with Gasteiger partial charge in [0.05, 0.1) is 5.69 Å². The standard InChI is InChI=1S/C17H18N2O/c20-12-16-10-11-17(19-18-16)15-8-6-14(7-9-15)13-4-2-1-3-5-13/h6-13H,1-5H2. The molecule has 20 heavy (non-hydrogen) atoms. The smallest absolute Gasteiger partial charge is 0.170 e. The summed E-state index contributed by atoms with van der Waals surface area (Å²) in [5.74, 6) is 0.723. The van der Waals surface area contributed by atoms with Crippen LogP contribution in [-0.4, -0.2) is 16.5 Å². The summed E-state index contributed by atoms with van der Waals surface area (Å²) in [4.78, 5) is 10.6. The third-order valence-corrected chi connectivity index (χ3v) is 4.09. The molecule has 1 aliphatic rings. The van der Waals surface area contributed by atoms with Crippen molar-refractivity contribution in [3.63, 3.8) is 0 Å². The van der Waals surface area contributed by atoms with Gasteiger partial charge in [-0.15, -0.1) is 10.2 Å². The molecule has 0 aliphatic heterocycles. The number of nitrogens with zero attached hydrogens (tertiary/aromatic N) is 2. The largest absolute Gasteiger partial charge is 0.296 e. The average Bonchev–Trinajstić information content (AvgIpc) is 2.56.